The number of amides is 1. The molecule has 3 nitrogen and oxygen atoms in total. The van der Waals surface area contributed by atoms with Crippen molar-refractivity contribution in [2.45, 2.75) is 45.1 Å². The smallest absolute Gasteiger partial charge is 0.225 e. The van der Waals surface area contributed by atoms with Gasteiger partial charge in [-0.15, -0.1) is 0 Å². The van der Waals surface area contributed by atoms with Gasteiger partial charge in [0.2, 0.25) is 5.91 Å². The Balaban J connectivity index is 2.14. The normalized spacial score (nSPS) is 22.6. The number of likely N-dealkylation sites (tertiary alicyclic amines) is 1. The largest absolute Gasteiger partial charge is 0.340 e. The quantitative estimate of drug-likeness (QED) is 0.926. The lowest BCUT2D eigenvalue weighted by atomic mass is 9.87. The topological polar surface area (TPSA) is 46.3 Å². The first-order valence-electron chi connectivity index (χ1n) is 7.84. The van der Waals surface area contributed by atoms with Crippen molar-refractivity contribution in [2.75, 3.05) is 13.1 Å². The van der Waals surface area contributed by atoms with E-state index in [1.807, 2.05) is 23.1 Å². The van der Waals surface area contributed by atoms with Crippen molar-refractivity contribution in [1.82, 2.24) is 4.90 Å². The molecule has 2 N–H and O–H groups in total. The van der Waals surface area contributed by atoms with Crippen LogP contribution in [0.3, 0.4) is 0 Å². The van der Waals surface area contributed by atoms with Crippen LogP contribution >= 0.6 is 11.6 Å². The van der Waals surface area contributed by atoms with Crippen LogP contribution in [0.4, 0.5) is 0 Å². The van der Waals surface area contributed by atoms with Gasteiger partial charge in [-0.1, -0.05) is 37.6 Å². The number of hydrogen-bond acceptors (Lipinski definition) is 2. The van der Waals surface area contributed by atoms with E-state index in [0.29, 0.717) is 6.54 Å². The Morgan fingerprint density at radius 1 is 1.38 bits per heavy atom. The SMILES string of the molecule is CCC(CC)C(=O)N1CC(N)CC(c2cccc(Cl)c2)C1. The van der Waals surface area contributed by atoms with Crippen molar-refractivity contribution >= 4 is 17.5 Å². The van der Waals surface area contributed by atoms with Gasteiger partial charge in [-0.2, -0.15) is 0 Å². The number of nitrogens with two attached hydrogens (primary N) is 1. The maximum Gasteiger partial charge on any atom is 0.225 e. The highest BCUT2D eigenvalue weighted by atomic mass is 35.5. The molecule has 1 amide bonds. The van der Waals surface area contributed by atoms with Gasteiger partial charge < -0.3 is 10.6 Å². The number of benzene rings is 1. The van der Waals surface area contributed by atoms with Crippen LogP contribution in [-0.4, -0.2) is 29.9 Å². The number of halogens is 1. The van der Waals surface area contributed by atoms with E-state index in [4.69, 9.17) is 17.3 Å². The van der Waals surface area contributed by atoms with Gasteiger partial charge in [-0.3, -0.25) is 4.79 Å². The lowest BCUT2D eigenvalue weighted by Crippen LogP contribution is -2.50. The molecule has 0 aromatic heterocycles. The van der Waals surface area contributed by atoms with E-state index in [-0.39, 0.29) is 23.8 Å². The van der Waals surface area contributed by atoms with E-state index in [9.17, 15) is 4.79 Å². The van der Waals surface area contributed by atoms with Crippen molar-refractivity contribution < 1.29 is 4.79 Å². The van der Waals surface area contributed by atoms with E-state index in [1.165, 1.54) is 5.56 Å². The van der Waals surface area contributed by atoms with Gasteiger partial charge in [0.25, 0.3) is 0 Å². The van der Waals surface area contributed by atoms with Gasteiger partial charge in [0.15, 0.2) is 0 Å². The van der Waals surface area contributed by atoms with Crippen molar-refractivity contribution in [3.63, 3.8) is 0 Å². The molecule has 1 aromatic rings. The first-order chi connectivity index (χ1) is 10.0. The van der Waals surface area contributed by atoms with Gasteiger partial charge in [0, 0.05) is 36.0 Å². The van der Waals surface area contributed by atoms with Crippen LogP contribution in [0.25, 0.3) is 0 Å². The highest BCUT2D eigenvalue weighted by Gasteiger charge is 2.31. The fourth-order valence-electron chi connectivity index (χ4n) is 3.22. The van der Waals surface area contributed by atoms with Crippen LogP contribution in [0.1, 0.15) is 44.6 Å². The minimum absolute atomic E-state index is 0.0426. The third-order valence-corrected chi connectivity index (χ3v) is 4.68. The Morgan fingerprint density at radius 2 is 2.10 bits per heavy atom. The molecular formula is C17H25ClN2O. The van der Waals surface area contributed by atoms with Crippen molar-refractivity contribution in [2.24, 2.45) is 11.7 Å². The average Bonchev–Trinajstić information content (AvgIpc) is 2.47. The van der Waals surface area contributed by atoms with E-state index >= 15 is 0 Å². The zero-order valence-electron chi connectivity index (χ0n) is 12.9. The zero-order chi connectivity index (χ0) is 15.4. The Morgan fingerprint density at radius 3 is 2.71 bits per heavy atom. The van der Waals surface area contributed by atoms with Crippen LogP contribution in [0, 0.1) is 5.92 Å². The Kier molecular flexibility index (Phi) is 5.65. The summed E-state index contributed by atoms with van der Waals surface area (Å²) in [6.45, 7) is 5.57. The summed E-state index contributed by atoms with van der Waals surface area (Å²) < 4.78 is 0. The molecule has 2 rings (SSSR count). The predicted octanol–water partition coefficient (Wildman–Crippen LogP) is 3.42. The molecule has 1 aliphatic rings. The molecule has 0 aliphatic carbocycles. The maximum atomic E-state index is 12.6. The number of carbonyl (C=O) groups is 1. The Labute approximate surface area is 132 Å². The summed E-state index contributed by atoms with van der Waals surface area (Å²) >= 11 is 6.08. The molecule has 0 bridgehead atoms. The summed E-state index contributed by atoms with van der Waals surface area (Å²) in [5.41, 5.74) is 7.37. The standard InChI is InChI=1S/C17H25ClN2O/c1-3-12(4-2)17(21)20-10-14(9-16(19)11-20)13-6-5-7-15(18)8-13/h5-8,12,14,16H,3-4,9-11,19H2,1-2H3. The molecule has 1 saturated heterocycles. The fraction of sp³-hybridized carbons (Fsp3) is 0.588. The summed E-state index contributed by atoms with van der Waals surface area (Å²) in [5.74, 6) is 0.656. The minimum atomic E-state index is 0.0426. The number of piperidine rings is 1. The first kappa shape index (κ1) is 16.3. The molecule has 1 aliphatic heterocycles. The lowest BCUT2D eigenvalue weighted by molar-refractivity contribution is -0.137. The van der Waals surface area contributed by atoms with Crippen LogP contribution in [0.5, 0.6) is 0 Å². The number of rotatable bonds is 4. The van der Waals surface area contributed by atoms with E-state index in [2.05, 4.69) is 19.9 Å². The fourth-order valence-corrected chi connectivity index (χ4v) is 3.41. The van der Waals surface area contributed by atoms with Crippen LogP contribution in [0.15, 0.2) is 24.3 Å². The third kappa shape index (κ3) is 3.98. The maximum absolute atomic E-state index is 12.6. The predicted molar refractivity (Wildman–Crippen MR) is 87.4 cm³/mol. The van der Waals surface area contributed by atoms with E-state index in [0.717, 1.165) is 30.8 Å². The first-order valence-corrected chi connectivity index (χ1v) is 8.22. The third-order valence-electron chi connectivity index (χ3n) is 4.45. The van der Waals surface area contributed by atoms with Crippen molar-refractivity contribution in [1.29, 1.82) is 0 Å². The highest BCUT2D eigenvalue weighted by Crippen LogP contribution is 2.29. The van der Waals surface area contributed by atoms with Gasteiger partial charge in [0.1, 0.15) is 0 Å². The molecule has 2 atom stereocenters. The summed E-state index contributed by atoms with van der Waals surface area (Å²) in [4.78, 5) is 14.5. The second-order valence-electron chi connectivity index (χ2n) is 6.00. The van der Waals surface area contributed by atoms with Gasteiger partial charge in [0.05, 0.1) is 0 Å². The molecule has 0 spiro atoms. The van der Waals surface area contributed by atoms with Gasteiger partial charge >= 0.3 is 0 Å². The molecule has 1 fully saturated rings. The van der Waals surface area contributed by atoms with Crippen LogP contribution in [0.2, 0.25) is 5.02 Å². The molecule has 0 saturated carbocycles. The summed E-state index contributed by atoms with van der Waals surface area (Å²) in [6.07, 6.45) is 2.69. The zero-order valence-corrected chi connectivity index (χ0v) is 13.6. The highest BCUT2D eigenvalue weighted by molar-refractivity contribution is 6.30. The number of carbonyl (C=O) groups excluding carboxylic acids is 1. The number of nitrogens with zero attached hydrogens (tertiary/aromatic N) is 1. The van der Waals surface area contributed by atoms with E-state index in [1.54, 1.807) is 0 Å². The molecule has 2 unspecified atom stereocenters. The molecular weight excluding hydrogens is 284 g/mol. The summed E-state index contributed by atoms with van der Waals surface area (Å²) in [5, 5.41) is 0.740. The lowest BCUT2D eigenvalue weighted by Gasteiger charge is -2.38. The Hall–Kier alpha value is -1.06. The molecule has 4 heteroatoms. The molecule has 116 valence electrons. The molecule has 1 aromatic carbocycles. The monoisotopic (exact) mass is 308 g/mol. The van der Waals surface area contributed by atoms with Crippen LogP contribution in [-0.2, 0) is 4.79 Å². The van der Waals surface area contributed by atoms with Crippen molar-refractivity contribution in [3.05, 3.63) is 34.9 Å². The second kappa shape index (κ2) is 7.28. The second-order valence-corrected chi connectivity index (χ2v) is 6.44. The van der Waals surface area contributed by atoms with Crippen molar-refractivity contribution in [3.8, 4) is 0 Å². The van der Waals surface area contributed by atoms with Gasteiger partial charge in [-0.05, 0) is 37.0 Å². The minimum Gasteiger partial charge on any atom is -0.340 e. The Bertz CT molecular complexity index is 487. The van der Waals surface area contributed by atoms with E-state index < -0.39 is 0 Å². The molecule has 0 radical (unpaired) electrons. The van der Waals surface area contributed by atoms with Gasteiger partial charge in [-0.25, -0.2) is 0 Å². The number of hydrogen-bond donors (Lipinski definition) is 1. The average molecular weight is 309 g/mol. The summed E-state index contributed by atoms with van der Waals surface area (Å²) in [7, 11) is 0. The molecule has 1 heterocycles. The van der Waals surface area contributed by atoms with Crippen LogP contribution < -0.4 is 5.73 Å². The molecule has 21 heavy (non-hydrogen) atoms. The summed E-state index contributed by atoms with van der Waals surface area (Å²) in [6, 6.07) is 7.95.